The molecule has 0 aliphatic heterocycles. The molecular weight excluding hydrogens is 204 g/mol. The normalized spacial score (nSPS) is 11.1. The maximum atomic E-state index is 11.2. The Kier molecular flexibility index (Phi) is 7.39. The molecule has 0 aromatic carbocycles. The van der Waals surface area contributed by atoms with Gasteiger partial charge in [0.15, 0.2) is 0 Å². The Labute approximate surface area is 94.8 Å². The summed E-state index contributed by atoms with van der Waals surface area (Å²) in [6.45, 7) is 9.96. The predicted molar refractivity (Wildman–Crippen MR) is 67.3 cm³/mol. The topological polar surface area (TPSA) is 26.3 Å². The minimum absolute atomic E-state index is 0.239. The monoisotopic (exact) mass is 228 g/mol. The molecule has 0 N–H and O–H groups in total. The van der Waals surface area contributed by atoms with Crippen LogP contribution in [0.25, 0.3) is 0 Å². The van der Waals surface area contributed by atoms with Crippen LogP contribution in [-0.4, -0.2) is 14.3 Å². The van der Waals surface area contributed by atoms with Crippen LogP contribution in [0.2, 0.25) is 18.6 Å². The van der Waals surface area contributed by atoms with E-state index in [-0.39, 0.29) is 5.97 Å². The molecule has 88 valence electrons. The summed E-state index contributed by atoms with van der Waals surface area (Å²) in [6, 6.07) is 2.17. The lowest BCUT2D eigenvalue weighted by Gasteiger charge is -2.26. The number of rotatable bonds is 8. The highest BCUT2D eigenvalue weighted by Gasteiger charge is 2.30. The van der Waals surface area contributed by atoms with E-state index in [0.717, 1.165) is 24.9 Å². The predicted octanol–water partition coefficient (Wildman–Crippen LogP) is 3.89. The van der Waals surface area contributed by atoms with Gasteiger partial charge in [-0.3, -0.25) is 0 Å². The fraction of sp³-hybridized carbons (Fsp3) is 0.750. The Bertz CT molecular complexity index is 194. The van der Waals surface area contributed by atoms with Gasteiger partial charge in [-0.1, -0.05) is 46.1 Å². The molecule has 0 aliphatic carbocycles. The smallest absolute Gasteiger partial charge is 0.316 e. The number of hydrogen-bond donors (Lipinski definition) is 0. The highest BCUT2D eigenvalue weighted by molar-refractivity contribution is 6.74. The van der Waals surface area contributed by atoms with Crippen molar-refractivity contribution in [2.75, 3.05) is 0 Å². The van der Waals surface area contributed by atoms with Gasteiger partial charge in [-0.25, -0.2) is 4.79 Å². The SMILES string of the molecule is C=CC(=O)O[Si](C)(CCCC)CCCC. The second-order valence-corrected chi connectivity index (χ2v) is 8.39. The average Bonchev–Trinajstić information content (AvgIpc) is 2.23. The molecule has 0 atom stereocenters. The molecule has 0 rings (SSSR count). The molecule has 0 amide bonds. The second kappa shape index (κ2) is 7.68. The van der Waals surface area contributed by atoms with Gasteiger partial charge >= 0.3 is 5.97 Å². The van der Waals surface area contributed by atoms with Crippen LogP contribution in [0.5, 0.6) is 0 Å². The minimum Gasteiger partial charge on any atom is -0.516 e. The maximum absolute atomic E-state index is 11.2. The third kappa shape index (κ3) is 6.50. The van der Waals surface area contributed by atoms with E-state index in [1.54, 1.807) is 0 Å². The van der Waals surface area contributed by atoms with Crippen molar-refractivity contribution in [1.82, 2.24) is 0 Å². The van der Waals surface area contributed by atoms with Crippen molar-refractivity contribution in [2.45, 2.75) is 58.2 Å². The zero-order valence-corrected chi connectivity index (χ0v) is 11.3. The lowest BCUT2D eigenvalue weighted by atomic mass is 10.4. The Morgan fingerprint density at radius 1 is 1.27 bits per heavy atom. The van der Waals surface area contributed by atoms with Gasteiger partial charge < -0.3 is 4.43 Å². The van der Waals surface area contributed by atoms with Crippen LogP contribution >= 0.6 is 0 Å². The van der Waals surface area contributed by atoms with Crippen molar-refractivity contribution in [3.8, 4) is 0 Å². The minimum atomic E-state index is -1.80. The van der Waals surface area contributed by atoms with Gasteiger partial charge in [-0.05, 0) is 18.6 Å². The van der Waals surface area contributed by atoms with E-state index in [0.29, 0.717) is 0 Å². The molecule has 0 spiro atoms. The van der Waals surface area contributed by atoms with Crippen molar-refractivity contribution >= 4 is 14.3 Å². The van der Waals surface area contributed by atoms with Gasteiger partial charge in [0, 0.05) is 6.08 Å². The van der Waals surface area contributed by atoms with Crippen LogP contribution in [0.15, 0.2) is 12.7 Å². The summed E-state index contributed by atoms with van der Waals surface area (Å²) in [5, 5.41) is 0. The summed E-state index contributed by atoms with van der Waals surface area (Å²) in [4.78, 5) is 11.2. The summed E-state index contributed by atoms with van der Waals surface area (Å²) in [5.74, 6) is -0.239. The first kappa shape index (κ1) is 14.4. The molecule has 2 nitrogen and oxygen atoms in total. The first-order chi connectivity index (χ1) is 7.08. The summed E-state index contributed by atoms with van der Waals surface area (Å²) in [7, 11) is -1.80. The van der Waals surface area contributed by atoms with E-state index in [1.165, 1.54) is 18.9 Å². The summed E-state index contributed by atoms with van der Waals surface area (Å²) >= 11 is 0. The van der Waals surface area contributed by atoms with Crippen LogP contribution in [0.3, 0.4) is 0 Å². The molecule has 0 radical (unpaired) electrons. The summed E-state index contributed by atoms with van der Waals surface area (Å²) in [6.07, 6.45) is 5.94. The standard InChI is InChI=1S/C12H24O2Si/c1-5-8-10-15(4,11-9-6-2)14-12(13)7-3/h7H,3,5-6,8-11H2,1-2,4H3. The molecule has 0 saturated heterocycles. The molecule has 0 bridgehead atoms. The van der Waals surface area contributed by atoms with Crippen molar-refractivity contribution in [3.63, 3.8) is 0 Å². The average molecular weight is 228 g/mol. The summed E-state index contributed by atoms with van der Waals surface area (Å²) < 4.78 is 5.57. The van der Waals surface area contributed by atoms with Gasteiger partial charge in [0.25, 0.3) is 8.32 Å². The van der Waals surface area contributed by atoms with Crippen LogP contribution in [-0.2, 0) is 9.22 Å². The highest BCUT2D eigenvalue weighted by Crippen LogP contribution is 2.23. The van der Waals surface area contributed by atoms with Crippen molar-refractivity contribution in [1.29, 1.82) is 0 Å². The zero-order chi connectivity index (χ0) is 11.7. The van der Waals surface area contributed by atoms with Gasteiger partial charge in [0.2, 0.25) is 0 Å². The van der Waals surface area contributed by atoms with Gasteiger partial charge in [0.05, 0.1) is 0 Å². The van der Waals surface area contributed by atoms with Crippen molar-refractivity contribution < 1.29 is 9.22 Å². The van der Waals surface area contributed by atoms with E-state index in [1.807, 2.05) is 0 Å². The van der Waals surface area contributed by atoms with Crippen LogP contribution < -0.4 is 0 Å². The molecule has 0 aliphatic rings. The third-order valence-electron chi connectivity index (χ3n) is 2.63. The molecule has 0 aromatic heterocycles. The molecule has 0 saturated carbocycles. The zero-order valence-electron chi connectivity index (χ0n) is 10.3. The van der Waals surface area contributed by atoms with Crippen molar-refractivity contribution in [3.05, 3.63) is 12.7 Å². The van der Waals surface area contributed by atoms with Crippen LogP contribution in [0, 0.1) is 0 Å². The van der Waals surface area contributed by atoms with Gasteiger partial charge in [-0.2, -0.15) is 0 Å². The fourth-order valence-electron chi connectivity index (χ4n) is 1.61. The Hall–Kier alpha value is -0.573. The first-order valence-electron chi connectivity index (χ1n) is 5.93. The molecule has 0 aromatic rings. The Morgan fingerprint density at radius 3 is 2.07 bits per heavy atom. The molecule has 0 fully saturated rings. The third-order valence-corrected chi connectivity index (χ3v) is 6.15. The Morgan fingerprint density at radius 2 is 1.73 bits per heavy atom. The fourth-order valence-corrected chi connectivity index (χ4v) is 4.84. The summed E-state index contributed by atoms with van der Waals surface area (Å²) in [5.41, 5.74) is 0. The first-order valence-corrected chi connectivity index (χ1v) is 8.75. The molecule has 3 heteroatoms. The maximum Gasteiger partial charge on any atom is 0.316 e. The van der Waals surface area contributed by atoms with Crippen molar-refractivity contribution in [2.24, 2.45) is 0 Å². The van der Waals surface area contributed by atoms with E-state index in [4.69, 9.17) is 4.43 Å². The van der Waals surface area contributed by atoms with Crippen LogP contribution in [0.4, 0.5) is 0 Å². The van der Waals surface area contributed by atoms with E-state index >= 15 is 0 Å². The van der Waals surface area contributed by atoms with Gasteiger partial charge in [0.1, 0.15) is 0 Å². The number of carbonyl (C=O) groups is 1. The number of unbranched alkanes of at least 4 members (excludes halogenated alkanes) is 2. The van der Waals surface area contributed by atoms with Gasteiger partial charge in [-0.15, -0.1) is 0 Å². The second-order valence-electron chi connectivity index (χ2n) is 4.28. The quantitative estimate of drug-likeness (QED) is 0.465. The molecule has 0 unspecified atom stereocenters. The molecule has 15 heavy (non-hydrogen) atoms. The Balaban J connectivity index is 4.24. The number of carbonyl (C=O) groups excluding carboxylic acids is 1. The molecule has 0 heterocycles. The lowest BCUT2D eigenvalue weighted by molar-refractivity contribution is -0.129. The van der Waals surface area contributed by atoms with E-state index in [9.17, 15) is 4.79 Å². The van der Waals surface area contributed by atoms with E-state index < -0.39 is 8.32 Å². The molecular formula is C12H24O2Si. The highest BCUT2D eigenvalue weighted by atomic mass is 28.4. The number of hydrogen-bond acceptors (Lipinski definition) is 2. The largest absolute Gasteiger partial charge is 0.516 e. The van der Waals surface area contributed by atoms with E-state index in [2.05, 4.69) is 27.0 Å². The lowest BCUT2D eigenvalue weighted by Crippen LogP contribution is -2.36. The van der Waals surface area contributed by atoms with Crippen LogP contribution in [0.1, 0.15) is 39.5 Å².